The van der Waals surface area contributed by atoms with E-state index in [4.69, 9.17) is 14.2 Å². The second-order valence-corrected chi connectivity index (χ2v) is 5.71. The summed E-state index contributed by atoms with van der Waals surface area (Å²) in [6.45, 7) is 6.35. The Kier molecular flexibility index (Phi) is 10.8. The molecule has 0 saturated heterocycles. The number of hydrogen-bond acceptors (Lipinski definition) is 4. The first-order valence-electron chi connectivity index (χ1n) is 7.34. The van der Waals surface area contributed by atoms with Crippen LogP contribution in [-0.4, -0.2) is 44.2 Å². The molecule has 0 aliphatic carbocycles. The first-order chi connectivity index (χ1) is 10.3. The van der Waals surface area contributed by atoms with Crippen LogP contribution in [0.1, 0.15) is 19.8 Å². The normalized spacial score (nSPS) is 11.0. The highest BCUT2D eigenvalue weighted by atomic mass is 127. The zero-order valence-corrected chi connectivity index (χ0v) is 14.7. The van der Waals surface area contributed by atoms with Crippen LogP contribution in [0.3, 0.4) is 0 Å². The van der Waals surface area contributed by atoms with Gasteiger partial charge in [-0.05, 0) is 41.1 Å². The fraction of sp³-hybridized carbons (Fsp3) is 0.667. The fourth-order valence-electron chi connectivity index (χ4n) is 1.63. The third-order valence-corrected chi connectivity index (χ3v) is 3.66. The molecule has 0 spiro atoms. The molecule has 1 rings (SSSR count). The Balaban J connectivity index is 1.95. The highest BCUT2D eigenvalue weighted by molar-refractivity contribution is 14.1. The molecule has 0 aromatic carbocycles. The molecule has 0 radical (unpaired) electrons. The summed E-state index contributed by atoms with van der Waals surface area (Å²) < 4.78 is 18.6. The van der Waals surface area contributed by atoms with E-state index in [1.165, 1.54) is 0 Å². The number of pyridine rings is 1. The lowest BCUT2D eigenvalue weighted by atomic mass is 10.4. The third-order valence-electron chi connectivity index (χ3n) is 2.84. The molecule has 5 nitrogen and oxygen atoms in total. The van der Waals surface area contributed by atoms with Crippen LogP contribution in [0.15, 0.2) is 23.1 Å². The zero-order valence-electron chi connectivity index (χ0n) is 12.6. The Morgan fingerprint density at radius 1 is 1.05 bits per heavy atom. The number of halogens is 1. The Morgan fingerprint density at radius 3 is 2.33 bits per heavy atom. The van der Waals surface area contributed by atoms with Crippen molar-refractivity contribution in [1.82, 2.24) is 4.57 Å². The summed E-state index contributed by atoms with van der Waals surface area (Å²) >= 11 is 2.04. The number of nitrogens with zero attached hydrogens (tertiary/aromatic N) is 1. The molecule has 0 bridgehead atoms. The second kappa shape index (κ2) is 12.1. The maximum atomic E-state index is 11.7. The van der Waals surface area contributed by atoms with E-state index < -0.39 is 0 Å². The van der Waals surface area contributed by atoms with Gasteiger partial charge in [0.05, 0.1) is 36.6 Å². The third kappa shape index (κ3) is 8.55. The summed E-state index contributed by atoms with van der Waals surface area (Å²) in [4.78, 5) is 11.7. The van der Waals surface area contributed by atoms with Crippen molar-refractivity contribution in [3.63, 3.8) is 0 Å². The molecule has 0 aliphatic rings. The van der Waals surface area contributed by atoms with Gasteiger partial charge in [0.15, 0.2) is 0 Å². The van der Waals surface area contributed by atoms with E-state index in [1.807, 2.05) is 28.7 Å². The molecular formula is C15H24INO4. The number of aromatic nitrogens is 1. The van der Waals surface area contributed by atoms with Gasteiger partial charge in [-0.15, -0.1) is 0 Å². The van der Waals surface area contributed by atoms with Crippen LogP contribution in [0.5, 0.6) is 0 Å². The van der Waals surface area contributed by atoms with Crippen molar-refractivity contribution < 1.29 is 14.2 Å². The van der Waals surface area contributed by atoms with E-state index in [0.717, 1.165) is 23.0 Å². The van der Waals surface area contributed by atoms with Gasteiger partial charge < -0.3 is 18.8 Å². The fourth-order valence-corrected chi connectivity index (χ4v) is 2.15. The van der Waals surface area contributed by atoms with Crippen molar-refractivity contribution in [2.75, 3.05) is 39.6 Å². The Bertz CT molecular complexity index is 436. The zero-order chi connectivity index (χ0) is 15.3. The average molecular weight is 409 g/mol. The first kappa shape index (κ1) is 18.6. The van der Waals surface area contributed by atoms with Crippen molar-refractivity contribution in [1.29, 1.82) is 0 Å². The standard InChI is InChI=1S/C15H24INO4/c1-2-3-8-19-10-12-21-13-11-20-9-7-17-6-4-5-14(16)15(17)18/h4-6H,2-3,7-13H2,1H3. The smallest absolute Gasteiger partial charge is 0.264 e. The van der Waals surface area contributed by atoms with Crippen molar-refractivity contribution in [2.45, 2.75) is 26.3 Å². The molecule has 0 aliphatic heterocycles. The number of rotatable bonds is 12. The summed E-state index contributed by atoms with van der Waals surface area (Å²) in [6.07, 6.45) is 4.02. The van der Waals surface area contributed by atoms with Gasteiger partial charge in [0, 0.05) is 19.3 Å². The predicted molar refractivity (Wildman–Crippen MR) is 90.8 cm³/mol. The van der Waals surface area contributed by atoms with Crippen LogP contribution in [0.2, 0.25) is 0 Å². The Labute approximate surface area is 139 Å². The van der Waals surface area contributed by atoms with Gasteiger partial charge in [0.25, 0.3) is 5.56 Å². The minimum absolute atomic E-state index is 0.0298. The molecule has 0 saturated carbocycles. The molecule has 1 aromatic heterocycles. The minimum Gasteiger partial charge on any atom is -0.379 e. The van der Waals surface area contributed by atoms with Gasteiger partial charge in [-0.2, -0.15) is 0 Å². The summed E-state index contributed by atoms with van der Waals surface area (Å²) in [5.41, 5.74) is 0.0298. The summed E-state index contributed by atoms with van der Waals surface area (Å²) in [5.74, 6) is 0. The van der Waals surface area contributed by atoms with E-state index in [0.29, 0.717) is 39.6 Å². The van der Waals surface area contributed by atoms with Gasteiger partial charge in [0.2, 0.25) is 0 Å². The second-order valence-electron chi connectivity index (χ2n) is 4.55. The first-order valence-corrected chi connectivity index (χ1v) is 8.41. The van der Waals surface area contributed by atoms with E-state index in [9.17, 15) is 4.79 Å². The van der Waals surface area contributed by atoms with E-state index in [1.54, 1.807) is 16.8 Å². The highest BCUT2D eigenvalue weighted by Crippen LogP contribution is 1.96. The quantitative estimate of drug-likeness (QED) is 0.393. The van der Waals surface area contributed by atoms with Crippen LogP contribution in [0, 0.1) is 3.57 Å². The van der Waals surface area contributed by atoms with Crippen molar-refractivity contribution in [3.8, 4) is 0 Å². The van der Waals surface area contributed by atoms with Crippen molar-refractivity contribution >= 4 is 22.6 Å². The molecule has 1 aromatic rings. The van der Waals surface area contributed by atoms with Crippen molar-refractivity contribution in [2.24, 2.45) is 0 Å². The van der Waals surface area contributed by atoms with Crippen LogP contribution in [0.4, 0.5) is 0 Å². The van der Waals surface area contributed by atoms with Crippen LogP contribution in [-0.2, 0) is 20.8 Å². The van der Waals surface area contributed by atoms with Crippen LogP contribution in [0.25, 0.3) is 0 Å². The van der Waals surface area contributed by atoms with E-state index in [-0.39, 0.29) is 5.56 Å². The number of unbranched alkanes of at least 4 members (excludes halogenated alkanes) is 1. The van der Waals surface area contributed by atoms with Crippen molar-refractivity contribution in [3.05, 3.63) is 32.3 Å². The van der Waals surface area contributed by atoms with Gasteiger partial charge in [-0.25, -0.2) is 0 Å². The Hall–Kier alpha value is -0.440. The average Bonchev–Trinajstić information content (AvgIpc) is 2.49. The number of ether oxygens (including phenoxy) is 3. The molecule has 1 heterocycles. The van der Waals surface area contributed by atoms with Gasteiger partial charge in [0.1, 0.15) is 0 Å². The monoisotopic (exact) mass is 409 g/mol. The molecule has 0 amide bonds. The molecule has 6 heteroatoms. The molecule has 0 atom stereocenters. The lowest BCUT2D eigenvalue weighted by molar-refractivity contribution is 0.0126. The van der Waals surface area contributed by atoms with Gasteiger partial charge in [-0.1, -0.05) is 13.3 Å². The van der Waals surface area contributed by atoms with Crippen LogP contribution >= 0.6 is 22.6 Å². The lowest BCUT2D eigenvalue weighted by Crippen LogP contribution is -2.23. The molecule has 0 N–H and O–H groups in total. The summed E-state index contributed by atoms with van der Waals surface area (Å²) in [5, 5.41) is 0. The Morgan fingerprint density at radius 2 is 1.67 bits per heavy atom. The molecule has 120 valence electrons. The maximum absolute atomic E-state index is 11.7. The molecule has 0 fully saturated rings. The summed E-state index contributed by atoms with van der Waals surface area (Å²) in [6, 6.07) is 3.67. The largest absolute Gasteiger partial charge is 0.379 e. The summed E-state index contributed by atoms with van der Waals surface area (Å²) in [7, 11) is 0. The highest BCUT2D eigenvalue weighted by Gasteiger charge is 1.99. The van der Waals surface area contributed by atoms with E-state index in [2.05, 4.69) is 6.92 Å². The van der Waals surface area contributed by atoms with Gasteiger partial charge >= 0.3 is 0 Å². The predicted octanol–water partition coefficient (Wildman–Crippen LogP) is 2.30. The van der Waals surface area contributed by atoms with Crippen LogP contribution < -0.4 is 5.56 Å². The van der Waals surface area contributed by atoms with Gasteiger partial charge in [-0.3, -0.25) is 4.79 Å². The lowest BCUT2D eigenvalue weighted by Gasteiger charge is -2.08. The molecular weight excluding hydrogens is 385 g/mol. The maximum Gasteiger partial charge on any atom is 0.264 e. The van der Waals surface area contributed by atoms with E-state index >= 15 is 0 Å². The minimum atomic E-state index is 0.0298. The molecule has 21 heavy (non-hydrogen) atoms. The topological polar surface area (TPSA) is 49.7 Å². The SMILES string of the molecule is CCCCOCCOCCOCCn1cccc(I)c1=O. The molecule has 0 unspecified atom stereocenters. The number of hydrogen-bond donors (Lipinski definition) is 0.